The van der Waals surface area contributed by atoms with Crippen LogP contribution in [0.3, 0.4) is 0 Å². The SMILES string of the molecule is COC(=O)c1cc(O)c2c(c1)=NC1=CCNCC=21. The Labute approximate surface area is 103 Å². The molecule has 1 aromatic rings. The first-order valence-corrected chi connectivity index (χ1v) is 5.65. The molecule has 3 rings (SSSR count). The summed E-state index contributed by atoms with van der Waals surface area (Å²) in [5.41, 5.74) is 2.16. The van der Waals surface area contributed by atoms with E-state index in [4.69, 9.17) is 0 Å². The molecular weight excluding hydrogens is 232 g/mol. The summed E-state index contributed by atoms with van der Waals surface area (Å²) >= 11 is 0. The molecule has 2 N–H and O–H groups in total. The van der Waals surface area contributed by atoms with Gasteiger partial charge in [-0.1, -0.05) is 0 Å². The second-order valence-corrected chi connectivity index (χ2v) is 4.19. The minimum Gasteiger partial charge on any atom is -0.507 e. The molecule has 5 nitrogen and oxygen atoms in total. The molecule has 0 saturated heterocycles. The standard InChI is InChI=1S/C13H12N2O3/c1-18-13(17)7-4-10-12(11(16)5-7)8-6-14-3-2-9(8)15-10/h2,4-5,14,16H,3,6H2,1H3. The van der Waals surface area contributed by atoms with E-state index in [9.17, 15) is 9.90 Å². The van der Waals surface area contributed by atoms with Crippen LogP contribution < -0.4 is 15.9 Å². The number of methoxy groups -OCH3 is 1. The number of phenols is 1. The monoisotopic (exact) mass is 244 g/mol. The summed E-state index contributed by atoms with van der Waals surface area (Å²) < 4.78 is 4.64. The van der Waals surface area contributed by atoms with Crippen LogP contribution in [0.15, 0.2) is 28.9 Å². The van der Waals surface area contributed by atoms with E-state index in [-0.39, 0.29) is 5.75 Å². The van der Waals surface area contributed by atoms with Crippen molar-refractivity contribution in [1.29, 1.82) is 0 Å². The Bertz CT molecular complexity index is 689. The molecule has 2 aliphatic heterocycles. The van der Waals surface area contributed by atoms with Gasteiger partial charge in [0.1, 0.15) is 5.75 Å². The highest BCUT2D eigenvalue weighted by atomic mass is 16.5. The van der Waals surface area contributed by atoms with E-state index in [1.54, 1.807) is 6.07 Å². The first-order valence-electron chi connectivity index (χ1n) is 5.65. The number of fused-ring (bicyclic) bond motifs is 2. The van der Waals surface area contributed by atoms with Gasteiger partial charge in [0, 0.05) is 23.9 Å². The smallest absolute Gasteiger partial charge is 0.338 e. The predicted molar refractivity (Wildman–Crippen MR) is 64.6 cm³/mol. The Hall–Kier alpha value is -2.14. The number of phenolic OH excluding ortho intramolecular Hbond substituents is 1. The lowest BCUT2D eigenvalue weighted by Gasteiger charge is -2.11. The van der Waals surface area contributed by atoms with Crippen LogP contribution in [-0.2, 0) is 4.74 Å². The largest absolute Gasteiger partial charge is 0.507 e. The molecule has 2 aliphatic rings. The maximum Gasteiger partial charge on any atom is 0.338 e. The molecule has 1 aromatic carbocycles. The molecule has 18 heavy (non-hydrogen) atoms. The third-order valence-electron chi connectivity index (χ3n) is 3.11. The lowest BCUT2D eigenvalue weighted by Crippen LogP contribution is -2.29. The molecule has 0 aliphatic carbocycles. The number of esters is 1. The van der Waals surface area contributed by atoms with E-state index >= 15 is 0 Å². The van der Waals surface area contributed by atoms with Gasteiger partial charge < -0.3 is 15.2 Å². The lowest BCUT2D eigenvalue weighted by molar-refractivity contribution is 0.0600. The van der Waals surface area contributed by atoms with Gasteiger partial charge in [0.25, 0.3) is 0 Å². The molecule has 0 atom stereocenters. The average molecular weight is 244 g/mol. The van der Waals surface area contributed by atoms with Crippen LogP contribution in [0.4, 0.5) is 0 Å². The molecule has 92 valence electrons. The molecule has 2 heterocycles. The van der Waals surface area contributed by atoms with Crippen LogP contribution in [0.5, 0.6) is 5.75 Å². The van der Waals surface area contributed by atoms with Crippen molar-refractivity contribution in [2.45, 2.75) is 0 Å². The number of nitrogens with one attached hydrogen (secondary N) is 1. The van der Waals surface area contributed by atoms with E-state index in [0.717, 1.165) is 17.8 Å². The summed E-state index contributed by atoms with van der Waals surface area (Å²) in [6, 6.07) is 3.07. The predicted octanol–water partition coefficient (Wildman–Crippen LogP) is -0.550. The molecule has 0 radical (unpaired) electrons. The maximum atomic E-state index is 11.5. The Balaban J connectivity index is 2.29. The number of hydrogen-bond donors (Lipinski definition) is 2. The van der Waals surface area contributed by atoms with Crippen molar-refractivity contribution in [3.05, 3.63) is 40.0 Å². The Kier molecular flexibility index (Phi) is 2.41. The fraction of sp³-hybridized carbons (Fsp3) is 0.231. The number of rotatable bonds is 1. The van der Waals surface area contributed by atoms with Crippen LogP contribution in [0.1, 0.15) is 10.4 Å². The van der Waals surface area contributed by atoms with Crippen molar-refractivity contribution in [3.8, 4) is 5.75 Å². The zero-order chi connectivity index (χ0) is 12.7. The molecule has 0 saturated carbocycles. The summed E-state index contributed by atoms with van der Waals surface area (Å²) in [4.78, 5) is 15.9. The fourth-order valence-corrected chi connectivity index (χ4v) is 2.28. The first-order chi connectivity index (χ1) is 8.70. The van der Waals surface area contributed by atoms with Gasteiger partial charge in [0.05, 0.1) is 23.7 Å². The molecule has 5 heteroatoms. The minimum absolute atomic E-state index is 0.0683. The van der Waals surface area contributed by atoms with E-state index in [2.05, 4.69) is 15.0 Å². The van der Waals surface area contributed by atoms with Gasteiger partial charge in [0.2, 0.25) is 0 Å². The van der Waals surface area contributed by atoms with E-state index in [0.29, 0.717) is 22.7 Å². The van der Waals surface area contributed by atoms with Gasteiger partial charge in [-0.25, -0.2) is 9.79 Å². The fourth-order valence-electron chi connectivity index (χ4n) is 2.28. The van der Waals surface area contributed by atoms with Crippen LogP contribution in [-0.4, -0.2) is 31.3 Å². The second-order valence-electron chi connectivity index (χ2n) is 4.19. The maximum absolute atomic E-state index is 11.5. The highest BCUT2D eigenvalue weighted by molar-refractivity contribution is 5.90. The molecule has 0 fully saturated rings. The van der Waals surface area contributed by atoms with Gasteiger partial charge in [-0.3, -0.25) is 0 Å². The van der Waals surface area contributed by atoms with Crippen molar-refractivity contribution < 1.29 is 14.6 Å². The summed E-state index contributed by atoms with van der Waals surface area (Å²) in [5.74, 6) is -0.408. The van der Waals surface area contributed by atoms with Crippen LogP contribution in [0.25, 0.3) is 5.57 Å². The molecule has 0 bridgehead atoms. The second kappa shape index (κ2) is 3.96. The summed E-state index contributed by atoms with van der Waals surface area (Å²) in [6.45, 7) is 1.44. The number of ether oxygens (including phenoxy) is 1. The third-order valence-corrected chi connectivity index (χ3v) is 3.11. The normalized spacial score (nSPS) is 16.5. The van der Waals surface area contributed by atoms with Crippen LogP contribution in [0.2, 0.25) is 0 Å². The highest BCUT2D eigenvalue weighted by Gasteiger charge is 2.19. The minimum atomic E-state index is -0.477. The van der Waals surface area contributed by atoms with Crippen molar-refractivity contribution in [2.24, 2.45) is 4.99 Å². The number of nitrogens with zero attached hydrogens (tertiary/aromatic N) is 1. The van der Waals surface area contributed by atoms with Gasteiger partial charge in [0.15, 0.2) is 0 Å². The van der Waals surface area contributed by atoms with Crippen LogP contribution >= 0.6 is 0 Å². The van der Waals surface area contributed by atoms with Gasteiger partial charge >= 0.3 is 5.97 Å². The number of hydrogen-bond acceptors (Lipinski definition) is 5. The molecule has 0 amide bonds. The number of carbonyl (C=O) groups excluding carboxylic acids is 1. The Morgan fingerprint density at radius 2 is 2.33 bits per heavy atom. The molecule has 0 aromatic heterocycles. The molecular formula is C13H12N2O3. The van der Waals surface area contributed by atoms with Gasteiger partial charge in [-0.05, 0) is 18.2 Å². The van der Waals surface area contributed by atoms with Crippen LogP contribution in [0, 0.1) is 0 Å². The van der Waals surface area contributed by atoms with E-state index < -0.39 is 5.97 Å². The number of carbonyl (C=O) groups is 1. The summed E-state index contributed by atoms with van der Waals surface area (Å²) in [7, 11) is 1.31. The van der Waals surface area contributed by atoms with Crippen molar-refractivity contribution in [3.63, 3.8) is 0 Å². The number of aromatic hydroxyl groups is 1. The van der Waals surface area contributed by atoms with E-state index in [1.165, 1.54) is 13.2 Å². The summed E-state index contributed by atoms with van der Waals surface area (Å²) in [5, 5.41) is 14.6. The molecule has 0 unspecified atom stereocenters. The zero-order valence-electron chi connectivity index (χ0n) is 9.86. The molecule has 0 spiro atoms. The van der Waals surface area contributed by atoms with Crippen molar-refractivity contribution in [1.82, 2.24) is 5.32 Å². The third kappa shape index (κ3) is 1.52. The lowest BCUT2D eigenvalue weighted by atomic mass is 10.1. The van der Waals surface area contributed by atoms with Crippen molar-refractivity contribution >= 4 is 11.5 Å². The Morgan fingerprint density at radius 3 is 3.11 bits per heavy atom. The van der Waals surface area contributed by atoms with E-state index in [1.807, 2.05) is 6.08 Å². The Morgan fingerprint density at radius 1 is 1.50 bits per heavy atom. The van der Waals surface area contributed by atoms with Crippen molar-refractivity contribution in [2.75, 3.05) is 20.2 Å². The zero-order valence-corrected chi connectivity index (χ0v) is 9.86. The summed E-state index contributed by atoms with van der Waals surface area (Å²) in [6.07, 6.45) is 1.97. The topological polar surface area (TPSA) is 70.9 Å². The van der Waals surface area contributed by atoms with Gasteiger partial charge in [-0.2, -0.15) is 0 Å². The first kappa shape index (κ1) is 11.0. The average Bonchev–Trinajstić information content (AvgIpc) is 2.76. The quantitative estimate of drug-likeness (QED) is 0.650. The highest BCUT2D eigenvalue weighted by Crippen LogP contribution is 2.18. The number of benzene rings is 1. The van der Waals surface area contributed by atoms with Gasteiger partial charge in [-0.15, -0.1) is 0 Å².